The fourth-order valence-electron chi connectivity index (χ4n) is 2.76. The molecule has 6 heteroatoms. The van der Waals surface area contributed by atoms with Crippen LogP contribution in [0.1, 0.15) is 37.4 Å². The molecule has 2 amide bonds. The molecule has 0 aliphatic heterocycles. The van der Waals surface area contributed by atoms with E-state index in [-0.39, 0.29) is 11.8 Å². The number of hydrogen-bond donors (Lipinski definition) is 2. The van der Waals surface area contributed by atoms with Crippen molar-refractivity contribution in [1.29, 1.82) is 0 Å². The first-order chi connectivity index (χ1) is 13.5. The number of amides is 2. The molecule has 0 aliphatic carbocycles. The highest BCUT2D eigenvalue weighted by atomic mass is 32.1. The van der Waals surface area contributed by atoms with Crippen LogP contribution >= 0.6 is 11.3 Å². The molecule has 0 aliphatic rings. The largest absolute Gasteiger partial charge is 0.497 e. The Morgan fingerprint density at radius 3 is 2.04 bits per heavy atom. The molecule has 28 heavy (non-hydrogen) atoms. The van der Waals surface area contributed by atoms with Gasteiger partial charge in [-0.2, -0.15) is 0 Å². The number of rotatable bonds is 6. The van der Waals surface area contributed by atoms with Crippen molar-refractivity contribution in [3.05, 3.63) is 75.5 Å². The van der Waals surface area contributed by atoms with Gasteiger partial charge in [-0.1, -0.05) is 6.92 Å². The summed E-state index contributed by atoms with van der Waals surface area (Å²) in [5, 5.41) is 5.71. The second-order valence-electron chi connectivity index (χ2n) is 6.26. The molecule has 2 aromatic carbocycles. The van der Waals surface area contributed by atoms with Gasteiger partial charge in [0, 0.05) is 21.8 Å². The van der Waals surface area contributed by atoms with Crippen LogP contribution in [0.5, 0.6) is 5.75 Å². The lowest BCUT2D eigenvalue weighted by Gasteiger charge is -2.08. The van der Waals surface area contributed by atoms with Crippen molar-refractivity contribution in [2.45, 2.75) is 20.3 Å². The Balaban J connectivity index is 1.63. The van der Waals surface area contributed by atoms with Crippen molar-refractivity contribution in [2.24, 2.45) is 0 Å². The lowest BCUT2D eigenvalue weighted by molar-refractivity contribution is 0.102. The molecule has 1 heterocycles. The van der Waals surface area contributed by atoms with Crippen LogP contribution in [0.15, 0.2) is 54.6 Å². The first kappa shape index (κ1) is 19.6. The third kappa shape index (κ3) is 4.58. The smallest absolute Gasteiger partial charge is 0.265 e. The van der Waals surface area contributed by atoms with Gasteiger partial charge in [-0.15, -0.1) is 11.3 Å². The molecule has 0 fully saturated rings. The third-order valence-corrected chi connectivity index (χ3v) is 5.47. The molecule has 0 saturated carbocycles. The van der Waals surface area contributed by atoms with E-state index in [0.717, 1.165) is 12.2 Å². The van der Waals surface area contributed by atoms with Gasteiger partial charge in [-0.05, 0) is 73.5 Å². The number of nitrogens with one attached hydrogen (secondary N) is 2. The van der Waals surface area contributed by atoms with Gasteiger partial charge in [0.15, 0.2) is 0 Å². The number of carbonyl (C=O) groups excluding carboxylic acids is 2. The van der Waals surface area contributed by atoms with E-state index >= 15 is 0 Å². The zero-order chi connectivity index (χ0) is 20.1. The maximum absolute atomic E-state index is 12.4. The Morgan fingerprint density at radius 2 is 1.50 bits per heavy atom. The predicted molar refractivity (Wildman–Crippen MR) is 114 cm³/mol. The van der Waals surface area contributed by atoms with E-state index in [0.29, 0.717) is 21.8 Å². The second-order valence-corrected chi connectivity index (χ2v) is 7.52. The average Bonchev–Trinajstić information content (AvgIpc) is 3.10. The van der Waals surface area contributed by atoms with Crippen molar-refractivity contribution >= 4 is 34.5 Å². The van der Waals surface area contributed by atoms with Crippen LogP contribution < -0.4 is 15.4 Å². The van der Waals surface area contributed by atoms with Gasteiger partial charge in [-0.3, -0.25) is 9.59 Å². The number of ether oxygens (including phenoxy) is 1. The third-order valence-electron chi connectivity index (χ3n) is 4.38. The molecule has 5 nitrogen and oxygen atoms in total. The van der Waals surface area contributed by atoms with Crippen molar-refractivity contribution in [3.8, 4) is 5.75 Å². The monoisotopic (exact) mass is 394 g/mol. The van der Waals surface area contributed by atoms with Crippen LogP contribution in [0, 0.1) is 6.92 Å². The van der Waals surface area contributed by atoms with E-state index in [2.05, 4.69) is 17.6 Å². The van der Waals surface area contributed by atoms with E-state index < -0.39 is 0 Å². The van der Waals surface area contributed by atoms with Crippen LogP contribution in [-0.4, -0.2) is 18.9 Å². The van der Waals surface area contributed by atoms with E-state index in [9.17, 15) is 9.59 Å². The molecule has 0 bridgehead atoms. The number of thiophene rings is 1. The second kappa shape index (κ2) is 8.71. The molecule has 0 unspecified atom stereocenters. The lowest BCUT2D eigenvalue weighted by Crippen LogP contribution is -2.13. The topological polar surface area (TPSA) is 67.4 Å². The van der Waals surface area contributed by atoms with Gasteiger partial charge in [-0.25, -0.2) is 0 Å². The summed E-state index contributed by atoms with van der Waals surface area (Å²) in [4.78, 5) is 26.6. The normalized spacial score (nSPS) is 10.4. The van der Waals surface area contributed by atoms with Crippen molar-refractivity contribution in [2.75, 3.05) is 17.7 Å². The average molecular weight is 394 g/mol. The molecule has 3 rings (SSSR count). The Kier molecular flexibility index (Phi) is 6.11. The van der Waals surface area contributed by atoms with E-state index in [1.807, 2.05) is 13.0 Å². The van der Waals surface area contributed by atoms with E-state index in [4.69, 9.17) is 4.74 Å². The van der Waals surface area contributed by atoms with Gasteiger partial charge < -0.3 is 15.4 Å². The molecule has 0 saturated heterocycles. The standard InChI is InChI=1S/C22H22N2O3S/c1-4-15-13-20(28-14(15)2)22(26)24-17-7-5-16(6-8-17)21(25)23-18-9-11-19(27-3)12-10-18/h5-13H,4H2,1-3H3,(H,23,25)(H,24,26). The molecular formula is C22H22N2O3S. The minimum absolute atomic E-state index is 0.136. The Morgan fingerprint density at radius 1 is 0.929 bits per heavy atom. The van der Waals surface area contributed by atoms with Crippen LogP contribution in [0.4, 0.5) is 11.4 Å². The molecule has 0 spiro atoms. The van der Waals surface area contributed by atoms with Crippen molar-refractivity contribution < 1.29 is 14.3 Å². The Labute approximate surface area is 168 Å². The van der Waals surface area contributed by atoms with Gasteiger partial charge >= 0.3 is 0 Å². The van der Waals surface area contributed by atoms with Gasteiger partial charge in [0.25, 0.3) is 11.8 Å². The summed E-state index contributed by atoms with van der Waals surface area (Å²) in [6.07, 6.45) is 0.910. The summed E-state index contributed by atoms with van der Waals surface area (Å²) in [5.74, 6) is 0.373. The van der Waals surface area contributed by atoms with E-state index in [1.54, 1.807) is 55.6 Å². The minimum Gasteiger partial charge on any atom is -0.497 e. The molecule has 0 radical (unpaired) electrons. The maximum Gasteiger partial charge on any atom is 0.265 e. The highest BCUT2D eigenvalue weighted by Gasteiger charge is 2.12. The summed E-state index contributed by atoms with van der Waals surface area (Å²) in [6.45, 7) is 4.10. The number of benzene rings is 2. The SMILES string of the molecule is CCc1cc(C(=O)Nc2ccc(C(=O)Nc3ccc(OC)cc3)cc2)sc1C. The highest BCUT2D eigenvalue weighted by Crippen LogP contribution is 2.23. The Hall–Kier alpha value is -3.12. The van der Waals surface area contributed by atoms with Crippen LogP contribution in [0.3, 0.4) is 0 Å². The summed E-state index contributed by atoms with van der Waals surface area (Å²) in [7, 11) is 1.59. The van der Waals surface area contributed by atoms with Gasteiger partial charge in [0.2, 0.25) is 0 Å². The summed E-state index contributed by atoms with van der Waals surface area (Å²) in [6, 6.07) is 15.9. The summed E-state index contributed by atoms with van der Waals surface area (Å²) < 4.78 is 5.10. The van der Waals surface area contributed by atoms with Crippen molar-refractivity contribution in [1.82, 2.24) is 0 Å². The molecular weight excluding hydrogens is 372 g/mol. The molecule has 2 N–H and O–H groups in total. The number of carbonyl (C=O) groups is 2. The number of anilines is 2. The molecule has 3 aromatic rings. The number of methoxy groups -OCH3 is 1. The van der Waals surface area contributed by atoms with Gasteiger partial charge in [0.1, 0.15) is 5.75 Å². The first-order valence-electron chi connectivity index (χ1n) is 8.96. The minimum atomic E-state index is -0.218. The first-order valence-corrected chi connectivity index (χ1v) is 9.78. The zero-order valence-electron chi connectivity index (χ0n) is 16.0. The van der Waals surface area contributed by atoms with Crippen LogP contribution in [-0.2, 0) is 6.42 Å². The lowest BCUT2D eigenvalue weighted by atomic mass is 10.1. The fraction of sp³-hybridized carbons (Fsp3) is 0.182. The Bertz CT molecular complexity index is 976. The molecule has 1 aromatic heterocycles. The van der Waals surface area contributed by atoms with Crippen molar-refractivity contribution in [3.63, 3.8) is 0 Å². The van der Waals surface area contributed by atoms with Gasteiger partial charge in [0.05, 0.1) is 12.0 Å². The highest BCUT2D eigenvalue weighted by molar-refractivity contribution is 7.14. The maximum atomic E-state index is 12.4. The summed E-state index contributed by atoms with van der Waals surface area (Å²) >= 11 is 1.49. The molecule has 144 valence electrons. The number of aryl methyl sites for hydroxylation is 2. The summed E-state index contributed by atoms with van der Waals surface area (Å²) in [5.41, 5.74) is 3.04. The van der Waals surface area contributed by atoms with Crippen LogP contribution in [0.2, 0.25) is 0 Å². The predicted octanol–water partition coefficient (Wildman–Crippen LogP) is 5.13. The fourth-order valence-corrected chi connectivity index (χ4v) is 3.77. The van der Waals surface area contributed by atoms with Crippen LogP contribution in [0.25, 0.3) is 0 Å². The number of hydrogen-bond acceptors (Lipinski definition) is 4. The quantitative estimate of drug-likeness (QED) is 0.609. The zero-order valence-corrected chi connectivity index (χ0v) is 16.9. The molecule has 0 atom stereocenters. The van der Waals surface area contributed by atoms with E-state index in [1.165, 1.54) is 21.8 Å².